The van der Waals surface area contributed by atoms with Crippen LogP contribution >= 0.6 is 0 Å². The van der Waals surface area contributed by atoms with Crippen LogP contribution in [0, 0.1) is 0 Å². The van der Waals surface area contributed by atoms with Gasteiger partial charge in [0.15, 0.2) is 0 Å². The third-order valence-electron chi connectivity index (χ3n) is 1.39. The zero-order chi connectivity index (χ0) is 8.10. The van der Waals surface area contributed by atoms with Crippen LogP contribution in [0.25, 0.3) is 10.4 Å². The Balaban J connectivity index is 2.49. The average molecular weight is 150 g/mol. The van der Waals surface area contributed by atoms with Crippen LogP contribution in [0.4, 0.5) is 0 Å². The van der Waals surface area contributed by atoms with Gasteiger partial charge in [-0.15, -0.1) is 0 Å². The van der Waals surface area contributed by atoms with Gasteiger partial charge in [-0.3, -0.25) is 0 Å². The average Bonchev–Trinajstić information content (AvgIpc) is 2.40. The first-order chi connectivity index (χ1) is 5.33. The van der Waals surface area contributed by atoms with Gasteiger partial charge in [0.2, 0.25) is 0 Å². The number of nitrogens with zero attached hydrogens (tertiary/aromatic N) is 4. The normalized spacial score (nSPS) is 12.1. The summed E-state index contributed by atoms with van der Waals surface area (Å²) in [5.41, 5.74) is 8.11. The summed E-state index contributed by atoms with van der Waals surface area (Å²) in [5.74, 6) is 0. The van der Waals surface area contributed by atoms with Crippen LogP contribution in [-0.4, -0.2) is 10.6 Å². The summed E-state index contributed by atoms with van der Waals surface area (Å²) < 4.78 is 1.99. The third kappa shape index (κ3) is 2.35. The molecule has 0 saturated carbocycles. The van der Waals surface area contributed by atoms with Crippen LogP contribution in [0.3, 0.4) is 0 Å². The number of hydrogen-bond donors (Lipinski definition) is 0. The molecule has 1 aromatic rings. The molecule has 1 heterocycles. The SMILES string of the molecule is C[C@H](Cn1cccc1)N=[N+]=[N-]. The van der Waals surface area contributed by atoms with E-state index in [0.29, 0.717) is 0 Å². The summed E-state index contributed by atoms with van der Waals surface area (Å²) in [6, 6.07) is 3.92. The maximum Gasteiger partial charge on any atom is 0.0525 e. The van der Waals surface area contributed by atoms with Crippen molar-refractivity contribution in [2.45, 2.75) is 19.5 Å². The molecule has 0 radical (unpaired) electrons. The van der Waals surface area contributed by atoms with E-state index in [1.54, 1.807) is 0 Å². The van der Waals surface area contributed by atoms with Crippen LogP contribution in [-0.2, 0) is 6.54 Å². The van der Waals surface area contributed by atoms with Gasteiger partial charge in [-0.2, -0.15) is 0 Å². The second-order valence-corrected chi connectivity index (χ2v) is 2.43. The first-order valence-corrected chi connectivity index (χ1v) is 3.48. The van der Waals surface area contributed by atoms with E-state index in [0.717, 1.165) is 6.54 Å². The Hall–Kier alpha value is -1.41. The van der Waals surface area contributed by atoms with Crippen molar-refractivity contribution in [2.24, 2.45) is 5.11 Å². The molecule has 1 rings (SSSR count). The predicted molar refractivity (Wildman–Crippen MR) is 43.0 cm³/mol. The molecule has 4 heteroatoms. The second-order valence-electron chi connectivity index (χ2n) is 2.43. The molecule has 0 N–H and O–H groups in total. The van der Waals surface area contributed by atoms with Gasteiger partial charge in [0.1, 0.15) is 0 Å². The quantitative estimate of drug-likeness (QED) is 0.360. The summed E-state index contributed by atoms with van der Waals surface area (Å²) in [4.78, 5) is 2.73. The minimum absolute atomic E-state index is 0.0207. The molecule has 0 bridgehead atoms. The van der Waals surface area contributed by atoms with Gasteiger partial charge in [-0.25, -0.2) is 0 Å². The molecular formula is C7H10N4. The fourth-order valence-corrected chi connectivity index (χ4v) is 0.922. The largest absolute Gasteiger partial charge is 0.354 e. The first kappa shape index (κ1) is 7.69. The van der Waals surface area contributed by atoms with E-state index in [2.05, 4.69) is 10.0 Å². The van der Waals surface area contributed by atoms with Crippen molar-refractivity contribution in [1.82, 2.24) is 4.57 Å². The highest BCUT2D eigenvalue weighted by atomic mass is 15.2. The Morgan fingerprint density at radius 3 is 2.73 bits per heavy atom. The second kappa shape index (κ2) is 3.68. The molecule has 0 saturated heterocycles. The number of rotatable bonds is 3. The molecule has 0 aliphatic rings. The monoisotopic (exact) mass is 150 g/mol. The molecule has 0 aromatic carbocycles. The Kier molecular flexibility index (Phi) is 2.58. The van der Waals surface area contributed by atoms with Gasteiger partial charge in [0.25, 0.3) is 0 Å². The summed E-state index contributed by atoms with van der Waals surface area (Å²) in [5, 5.41) is 3.56. The Morgan fingerprint density at radius 2 is 2.18 bits per heavy atom. The molecule has 58 valence electrons. The van der Waals surface area contributed by atoms with Crippen LogP contribution in [0.15, 0.2) is 29.6 Å². The van der Waals surface area contributed by atoms with Crippen LogP contribution in [0.1, 0.15) is 6.92 Å². The van der Waals surface area contributed by atoms with E-state index >= 15 is 0 Å². The van der Waals surface area contributed by atoms with Gasteiger partial charge in [0.05, 0.1) is 6.04 Å². The highest BCUT2D eigenvalue weighted by Crippen LogP contribution is 1.97. The lowest BCUT2D eigenvalue weighted by Crippen LogP contribution is -2.07. The number of azide groups is 1. The van der Waals surface area contributed by atoms with Crippen molar-refractivity contribution < 1.29 is 0 Å². The van der Waals surface area contributed by atoms with Gasteiger partial charge >= 0.3 is 0 Å². The van der Waals surface area contributed by atoms with Crippen molar-refractivity contribution in [3.8, 4) is 0 Å². The van der Waals surface area contributed by atoms with E-state index in [-0.39, 0.29) is 6.04 Å². The van der Waals surface area contributed by atoms with E-state index in [4.69, 9.17) is 5.53 Å². The molecular weight excluding hydrogens is 140 g/mol. The van der Waals surface area contributed by atoms with Gasteiger partial charge in [0, 0.05) is 23.9 Å². The molecule has 0 amide bonds. The van der Waals surface area contributed by atoms with Gasteiger partial charge in [-0.1, -0.05) is 12.0 Å². The Labute approximate surface area is 65.1 Å². The van der Waals surface area contributed by atoms with E-state index in [1.165, 1.54) is 0 Å². The van der Waals surface area contributed by atoms with Crippen molar-refractivity contribution in [2.75, 3.05) is 0 Å². The predicted octanol–water partition coefficient (Wildman–Crippen LogP) is 2.19. The van der Waals surface area contributed by atoms with Crippen molar-refractivity contribution in [1.29, 1.82) is 0 Å². The van der Waals surface area contributed by atoms with Crippen molar-refractivity contribution in [3.05, 3.63) is 35.0 Å². The molecule has 4 nitrogen and oxygen atoms in total. The molecule has 0 aliphatic heterocycles. The Bertz CT molecular complexity index is 245. The first-order valence-electron chi connectivity index (χ1n) is 3.48. The van der Waals surface area contributed by atoms with Gasteiger partial charge in [-0.05, 0) is 17.7 Å². The summed E-state index contributed by atoms with van der Waals surface area (Å²) >= 11 is 0. The van der Waals surface area contributed by atoms with Crippen molar-refractivity contribution >= 4 is 0 Å². The van der Waals surface area contributed by atoms with E-state index < -0.39 is 0 Å². The maximum atomic E-state index is 8.11. The van der Waals surface area contributed by atoms with E-state index in [9.17, 15) is 0 Å². The lowest BCUT2D eigenvalue weighted by Gasteiger charge is -2.04. The zero-order valence-corrected chi connectivity index (χ0v) is 6.38. The molecule has 0 aliphatic carbocycles. The molecule has 11 heavy (non-hydrogen) atoms. The third-order valence-corrected chi connectivity index (χ3v) is 1.39. The lowest BCUT2D eigenvalue weighted by atomic mass is 10.4. The number of hydrogen-bond acceptors (Lipinski definition) is 1. The summed E-state index contributed by atoms with van der Waals surface area (Å²) in [6.07, 6.45) is 3.90. The molecule has 1 atom stereocenters. The smallest absolute Gasteiger partial charge is 0.0525 e. The summed E-state index contributed by atoms with van der Waals surface area (Å²) in [6.45, 7) is 2.64. The van der Waals surface area contributed by atoms with Crippen LogP contribution in [0.2, 0.25) is 0 Å². The van der Waals surface area contributed by atoms with E-state index in [1.807, 2.05) is 36.0 Å². The van der Waals surface area contributed by atoms with Crippen LogP contribution < -0.4 is 0 Å². The fraction of sp³-hybridized carbons (Fsp3) is 0.429. The molecule has 0 spiro atoms. The molecule has 1 aromatic heterocycles. The highest BCUT2D eigenvalue weighted by molar-refractivity contribution is 4.90. The number of aromatic nitrogens is 1. The molecule has 0 fully saturated rings. The Morgan fingerprint density at radius 1 is 1.55 bits per heavy atom. The summed E-state index contributed by atoms with van der Waals surface area (Å²) in [7, 11) is 0. The minimum Gasteiger partial charge on any atom is -0.354 e. The van der Waals surface area contributed by atoms with Crippen molar-refractivity contribution in [3.63, 3.8) is 0 Å². The fourth-order valence-electron chi connectivity index (χ4n) is 0.922. The standard InChI is InChI=1S/C7H10N4/c1-7(9-10-8)6-11-4-2-3-5-11/h2-5,7H,6H2,1H3/t7-/m1/s1. The zero-order valence-electron chi connectivity index (χ0n) is 6.38. The van der Waals surface area contributed by atoms with Crippen LogP contribution in [0.5, 0.6) is 0 Å². The maximum absolute atomic E-state index is 8.11. The lowest BCUT2D eigenvalue weighted by molar-refractivity contribution is 0.589. The highest BCUT2D eigenvalue weighted by Gasteiger charge is 1.96. The molecule has 0 unspecified atom stereocenters. The van der Waals surface area contributed by atoms with Gasteiger partial charge < -0.3 is 4.57 Å². The topological polar surface area (TPSA) is 53.7 Å². The minimum atomic E-state index is 0.0207.